The molecule has 0 aliphatic carbocycles. The molecule has 23 heavy (non-hydrogen) atoms. The highest BCUT2D eigenvalue weighted by Gasteiger charge is 2.30. The van der Waals surface area contributed by atoms with Crippen molar-refractivity contribution in [3.63, 3.8) is 0 Å². The Morgan fingerprint density at radius 3 is 2.78 bits per heavy atom. The Hall–Kier alpha value is -1.91. The summed E-state index contributed by atoms with van der Waals surface area (Å²) in [4.78, 5) is 28.0. The maximum absolute atomic E-state index is 13.6. The van der Waals surface area contributed by atoms with Crippen molar-refractivity contribution in [2.75, 3.05) is 19.6 Å². The van der Waals surface area contributed by atoms with Crippen molar-refractivity contribution < 1.29 is 14.0 Å². The molecule has 2 fully saturated rings. The summed E-state index contributed by atoms with van der Waals surface area (Å²) in [5.41, 5.74) is 0.855. The van der Waals surface area contributed by atoms with Gasteiger partial charge in [0, 0.05) is 19.5 Å². The molecular formula is C18H23FN2O2. The number of hydrogen-bond acceptors (Lipinski definition) is 2. The quantitative estimate of drug-likeness (QED) is 0.860. The summed E-state index contributed by atoms with van der Waals surface area (Å²) in [5.74, 6) is -0.222. The largest absolute Gasteiger partial charge is 0.334 e. The van der Waals surface area contributed by atoms with Gasteiger partial charge >= 0.3 is 0 Å². The molecule has 0 unspecified atom stereocenters. The van der Waals surface area contributed by atoms with Gasteiger partial charge in [-0.25, -0.2) is 4.39 Å². The average Bonchev–Trinajstić information content (AvgIpc) is 2.80. The molecule has 0 N–H and O–H groups in total. The zero-order valence-corrected chi connectivity index (χ0v) is 13.3. The van der Waals surface area contributed by atoms with E-state index in [4.69, 9.17) is 0 Å². The smallest absolute Gasteiger partial charge is 0.242 e. The van der Waals surface area contributed by atoms with Crippen LogP contribution in [0.1, 0.15) is 50.1 Å². The van der Waals surface area contributed by atoms with Gasteiger partial charge in [-0.15, -0.1) is 0 Å². The number of rotatable bonds is 3. The van der Waals surface area contributed by atoms with Crippen LogP contribution in [0.3, 0.4) is 0 Å². The molecule has 2 saturated heterocycles. The first-order chi connectivity index (χ1) is 11.1. The summed E-state index contributed by atoms with van der Waals surface area (Å²) in [7, 11) is 0. The summed E-state index contributed by atoms with van der Waals surface area (Å²) in [6.07, 6.45) is 5.31. The van der Waals surface area contributed by atoms with Gasteiger partial charge in [0.2, 0.25) is 11.8 Å². The highest BCUT2D eigenvalue weighted by Crippen LogP contribution is 2.30. The van der Waals surface area contributed by atoms with E-state index in [-0.39, 0.29) is 30.2 Å². The molecule has 0 radical (unpaired) electrons. The van der Waals surface area contributed by atoms with Crippen molar-refractivity contribution in [2.24, 2.45) is 0 Å². The zero-order valence-electron chi connectivity index (χ0n) is 13.3. The second-order valence-electron chi connectivity index (χ2n) is 6.43. The van der Waals surface area contributed by atoms with Gasteiger partial charge in [0.1, 0.15) is 5.82 Å². The van der Waals surface area contributed by atoms with Crippen LogP contribution in [0.15, 0.2) is 24.3 Å². The van der Waals surface area contributed by atoms with Crippen LogP contribution in [0, 0.1) is 5.82 Å². The van der Waals surface area contributed by atoms with Gasteiger partial charge in [0.25, 0.3) is 0 Å². The molecule has 1 aromatic rings. The molecule has 4 nitrogen and oxygen atoms in total. The third kappa shape index (κ3) is 3.71. The molecule has 0 aromatic heterocycles. The molecule has 0 bridgehead atoms. The molecule has 0 spiro atoms. The van der Waals surface area contributed by atoms with E-state index in [0.717, 1.165) is 37.7 Å². The molecule has 2 aliphatic rings. The molecular weight excluding hydrogens is 295 g/mol. The summed E-state index contributed by atoms with van der Waals surface area (Å²) in [6.45, 7) is 1.51. The van der Waals surface area contributed by atoms with Crippen molar-refractivity contribution in [3.8, 4) is 0 Å². The Morgan fingerprint density at radius 2 is 2.04 bits per heavy atom. The Kier molecular flexibility index (Phi) is 4.94. The topological polar surface area (TPSA) is 40.6 Å². The maximum Gasteiger partial charge on any atom is 0.242 e. The predicted octanol–water partition coefficient (Wildman–Crippen LogP) is 2.89. The molecule has 3 rings (SSSR count). The van der Waals surface area contributed by atoms with E-state index in [1.807, 2.05) is 11.0 Å². The van der Waals surface area contributed by atoms with E-state index in [1.54, 1.807) is 11.0 Å². The Balaban J connectivity index is 1.78. The number of carbonyl (C=O) groups is 2. The number of nitrogens with zero attached hydrogens (tertiary/aromatic N) is 2. The lowest BCUT2D eigenvalue weighted by atomic mass is 10.0. The summed E-state index contributed by atoms with van der Waals surface area (Å²) in [5, 5.41) is 0. The Bertz CT molecular complexity index is 590. The van der Waals surface area contributed by atoms with Crippen LogP contribution in [0.2, 0.25) is 0 Å². The fourth-order valence-corrected chi connectivity index (χ4v) is 3.59. The second-order valence-corrected chi connectivity index (χ2v) is 6.43. The molecule has 2 amide bonds. The van der Waals surface area contributed by atoms with E-state index in [0.29, 0.717) is 19.5 Å². The van der Waals surface area contributed by atoms with Crippen molar-refractivity contribution in [1.82, 2.24) is 9.80 Å². The Labute approximate surface area is 136 Å². The number of halogens is 1. The van der Waals surface area contributed by atoms with Crippen LogP contribution in [0.5, 0.6) is 0 Å². The third-order valence-electron chi connectivity index (χ3n) is 4.80. The van der Waals surface area contributed by atoms with Crippen LogP contribution in [0.4, 0.5) is 4.39 Å². The molecule has 1 aromatic carbocycles. The maximum atomic E-state index is 13.6. The fourth-order valence-electron chi connectivity index (χ4n) is 3.59. The molecule has 124 valence electrons. The van der Waals surface area contributed by atoms with Crippen molar-refractivity contribution in [3.05, 3.63) is 35.6 Å². The first-order valence-corrected chi connectivity index (χ1v) is 8.48. The van der Waals surface area contributed by atoms with Crippen LogP contribution < -0.4 is 0 Å². The number of carbonyl (C=O) groups excluding carboxylic acids is 2. The molecule has 5 heteroatoms. The lowest BCUT2D eigenvalue weighted by Gasteiger charge is -2.32. The summed E-state index contributed by atoms with van der Waals surface area (Å²) >= 11 is 0. The van der Waals surface area contributed by atoms with Crippen molar-refractivity contribution in [1.29, 1.82) is 0 Å². The van der Waals surface area contributed by atoms with Gasteiger partial charge < -0.3 is 9.80 Å². The summed E-state index contributed by atoms with van der Waals surface area (Å²) < 4.78 is 13.6. The molecule has 2 aliphatic heterocycles. The van der Waals surface area contributed by atoms with E-state index in [2.05, 4.69) is 0 Å². The first kappa shape index (κ1) is 16.0. The number of amides is 2. The van der Waals surface area contributed by atoms with Crippen LogP contribution in [0.25, 0.3) is 0 Å². The average molecular weight is 318 g/mol. The molecule has 1 atom stereocenters. The minimum atomic E-state index is -0.270. The number of hydrogen-bond donors (Lipinski definition) is 0. The van der Waals surface area contributed by atoms with Crippen LogP contribution in [-0.4, -0.2) is 41.2 Å². The van der Waals surface area contributed by atoms with Crippen LogP contribution in [-0.2, 0) is 9.59 Å². The minimum Gasteiger partial charge on any atom is -0.334 e. The lowest BCUT2D eigenvalue weighted by molar-refractivity contribution is -0.140. The summed E-state index contributed by atoms with van der Waals surface area (Å²) in [6, 6.07) is 6.45. The number of benzene rings is 1. The monoisotopic (exact) mass is 318 g/mol. The SMILES string of the molecule is O=C1CCCN1CC(=O)N1CCCCC[C@H]1c1cccc(F)c1. The third-order valence-corrected chi connectivity index (χ3v) is 4.80. The van der Waals surface area contributed by atoms with Crippen molar-refractivity contribution >= 4 is 11.8 Å². The van der Waals surface area contributed by atoms with Gasteiger partial charge in [0.15, 0.2) is 0 Å². The van der Waals surface area contributed by atoms with Gasteiger partial charge in [-0.3, -0.25) is 9.59 Å². The van der Waals surface area contributed by atoms with Crippen LogP contribution >= 0.6 is 0 Å². The van der Waals surface area contributed by atoms with Gasteiger partial charge in [-0.2, -0.15) is 0 Å². The Morgan fingerprint density at radius 1 is 1.17 bits per heavy atom. The van der Waals surface area contributed by atoms with E-state index >= 15 is 0 Å². The standard InChI is InChI=1S/C18H23FN2O2/c19-15-7-4-6-14(12-15)16-8-2-1-3-11-21(16)18(23)13-20-10-5-9-17(20)22/h4,6-7,12,16H,1-3,5,8-11,13H2/t16-/m0/s1. The van der Waals surface area contributed by atoms with E-state index in [9.17, 15) is 14.0 Å². The van der Waals surface area contributed by atoms with Gasteiger partial charge in [-0.05, 0) is 37.0 Å². The van der Waals surface area contributed by atoms with E-state index in [1.165, 1.54) is 12.1 Å². The fraction of sp³-hybridized carbons (Fsp3) is 0.556. The molecule has 0 saturated carbocycles. The normalized spacial score (nSPS) is 22.3. The van der Waals surface area contributed by atoms with Gasteiger partial charge in [0.05, 0.1) is 12.6 Å². The number of likely N-dealkylation sites (tertiary alicyclic amines) is 2. The minimum absolute atomic E-state index is 0.0172. The van der Waals surface area contributed by atoms with E-state index < -0.39 is 0 Å². The highest BCUT2D eigenvalue weighted by atomic mass is 19.1. The molecule has 2 heterocycles. The second kappa shape index (κ2) is 7.11. The predicted molar refractivity (Wildman–Crippen MR) is 85.1 cm³/mol. The highest BCUT2D eigenvalue weighted by molar-refractivity contribution is 5.86. The van der Waals surface area contributed by atoms with Crippen molar-refractivity contribution in [2.45, 2.75) is 44.6 Å². The van der Waals surface area contributed by atoms with Gasteiger partial charge in [-0.1, -0.05) is 25.0 Å². The zero-order chi connectivity index (χ0) is 16.2. The first-order valence-electron chi connectivity index (χ1n) is 8.48. The lowest BCUT2D eigenvalue weighted by Crippen LogP contribution is -2.42.